The van der Waals surface area contributed by atoms with Crippen LogP contribution >= 0.6 is 0 Å². The highest BCUT2D eigenvalue weighted by molar-refractivity contribution is 6.04. The van der Waals surface area contributed by atoms with Gasteiger partial charge in [0.2, 0.25) is 17.7 Å². The average molecular weight is 373 g/mol. The summed E-state index contributed by atoms with van der Waals surface area (Å²) in [6.45, 7) is 1.74. The molecule has 2 heterocycles. The second-order valence-corrected chi connectivity index (χ2v) is 6.64. The molecule has 0 radical (unpaired) electrons. The van der Waals surface area contributed by atoms with Crippen molar-refractivity contribution in [3.8, 4) is 0 Å². The Kier molecular flexibility index (Phi) is 5.85. The number of rotatable bonds is 5. The van der Waals surface area contributed by atoms with Crippen molar-refractivity contribution in [1.82, 2.24) is 14.7 Å². The van der Waals surface area contributed by atoms with Gasteiger partial charge in [0.05, 0.1) is 6.61 Å². The first kappa shape index (κ1) is 19.0. The van der Waals surface area contributed by atoms with E-state index in [1.807, 2.05) is 18.2 Å². The predicted octanol–water partition coefficient (Wildman–Crippen LogP) is 0.266. The Balaban J connectivity index is 1.57. The zero-order valence-electron chi connectivity index (χ0n) is 15.3. The molecule has 2 aliphatic heterocycles. The van der Waals surface area contributed by atoms with Crippen LogP contribution in [0.15, 0.2) is 24.3 Å². The molecule has 2 saturated heterocycles. The van der Waals surface area contributed by atoms with Crippen molar-refractivity contribution in [2.45, 2.75) is 19.4 Å². The fraction of sp³-hybridized carbons (Fsp3) is 0.474. The normalized spacial score (nSPS) is 17.6. The van der Waals surface area contributed by atoms with E-state index in [0.717, 1.165) is 10.5 Å². The summed E-state index contributed by atoms with van der Waals surface area (Å²) in [6.07, 6.45) is 0.352. The molecular formula is C19H23N3O5. The monoisotopic (exact) mass is 373 g/mol. The predicted molar refractivity (Wildman–Crippen MR) is 95.6 cm³/mol. The number of imide groups is 1. The van der Waals surface area contributed by atoms with Crippen molar-refractivity contribution in [2.75, 3.05) is 39.8 Å². The Morgan fingerprint density at radius 2 is 1.56 bits per heavy atom. The van der Waals surface area contributed by atoms with E-state index in [0.29, 0.717) is 38.3 Å². The number of amides is 4. The number of methoxy groups -OCH3 is 1. The average Bonchev–Trinajstić information content (AvgIpc) is 3.00. The Morgan fingerprint density at radius 3 is 2.19 bits per heavy atom. The van der Waals surface area contributed by atoms with Gasteiger partial charge >= 0.3 is 0 Å². The van der Waals surface area contributed by atoms with Crippen molar-refractivity contribution in [1.29, 1.82) is 0 Å². The highest BCUT2D eigenvalue weighted by Crippen LogP contribution is 2.16. The zero-order valence-corrected chi connectivity index (χ0v) is 15.3. The van der Waals surface area contributed by atoms with Gasteiger partial charge in [-0.2, -0.15) is 0 Å². The maximum atomic E-state index is 12.8. The first-order valence-corrected chi connectivity index (χ1v) is 8.98. The number of piperazine rings is 1. The third-order valence-corrected chi connectivity index (χ3v) is 4.92. The summed E-state index contributed by atoms with van der Waals surface area (Å²) < 4.78 is 5.15. The zero-order chi connectivity index (χ0) is 19.4. The lowest BCUT2D eigenvalue weighted by molar-refractivity contribution is -0.146. The molecule has 0 aliphatic carbocycles. The van der Waals surface area contributed by atoms with Crippen molar-refractivity contribution in [3.63, 3.8) is 0 Å². The third-order valence-electron chi connectivity index (χ3n) is 4.92. The lowest BCUT2D eigenvalue weighted by Gasteiger charge is -2.35. The highest BCUT2D eigenvalue weighted by Gasteiger charge is 2.33. The van der Waals surface area contributed by atoms with Crippen LogP contribution in [-0.2, 0) is 25.7 Å². The van der Waals surface area contributed by atoms with Crippen LogP contribution in [0.4, 0.5) is 0 Å². The lowest BCUT2D eigenvalue weighted by atomic mass is 10.1. The van der Waals surface area contributed by atoms with Gasteiger partial charge in [-0.25, -0.2) is 0 Å². The number of hydrogen-bond acceptors (Lipinski definition) is 5. The number of carbonyl (C=O) groups excluding carboxylic acids is 4. The van der Waals surface area contributed by atoms with Crippen molar-refractivity contribution >= 4 is 23.6 Å². The SMILES string of the molecule is COCc1ccccc1C(=O)N1CCN(C(=O)CN2C(=O)CCC2=O)CC1. The van der Waals surface area contributed by atoms with Crippen LogP contribution < -0.4 is 0 Å². The van der Waals surface area contributed by atoms with E-state index >= 15 is 0 Å². The lowest BCUT2D eigenvalue weighted by Crippen LogP contribution is -2.53. The van der Waals surface area contributed by atoms with Gasteiger partial charge in [-0.15, -0.1) is 0 Å². The van der Waals surface area contributed by atoms with Crippen molar-refractivity contribution in [3.05, 3.63) is 35.4 Å². The van der Waals surface area contributed by atoms with Gasteiger partial charge in [-0.05, 0) is 11.6 Å². The molecule has 2 aliphatic rings. The van der Waals surface area contributed by atoms with Gasteiger partial charge in [-0.1, -0.05) is 18.2 Å². The van der Waals surface area contributed by atoms with E-state index in [1.54, 1.807) is 23.0 Å². The van der Waals surface area contributed by atoms with Gasteiger partial charge in [0, 0.05) is 51.7 Å². The van der Waals surface area contributed by atoms with Gasteiger partial charge in [0.25, 0.3) is 5.91 Å². The standard InChI is InChI=1S/C19H23N3O5/c1-27-13-14-4-2-3-5-15(14)19(26)21-10-8-20(9-11-21)18(25)12-22-16(23)6-7-17(22)24/h2-5H,6-13H2,1H3. The fourth-order valence-electron chi connectivity index (χ4n) is 3.37. The number of ether oxygens (including phenoxy) is 1. The molecule has 0 spiro atoms. The van der Waals surface area contributed by atoms with Crippen LogP contribution in [0.25, 0.3) is 0 Å². The molecular weight excluding hydrogens is 350 g/mol. The molecule has 1 aromatic rings. The first-order valence-electron chi connectivity index (χ1n) is 8.98. The number of benzene rings is 1. The van der Waals surface area contributed by atoms with E-state index in [4.69, 9.17) is 4.74 Å². The van der Waals surface area contributed by atoms with Crippen LogP contribution in [-0.4, -0.2) is 78.2 Å². The van der Waals surface area contributed by atoms with Crippen LogP contribution in [0, 0.1) is 0 Å². The minimum absolute atomic E-state index is 0.0837. The number of likely N-dealkylation sites (tertiary alicyclic amines) is 1. The summed E-state index contributed by atoms with van der Waals surface area (Å²) in [5, 5.41) is 0. The molecule has 4 amide bonds. The smallest absolute Gasteiger partial charge is 0.254 e. The third kappa shape index (κ3) is 4.16. The van der Waals surface area contributed by atoms with E-state index in [-0.39, 0.29) is 43.0 Å². The molecule has 0 bridgehead atoms. The van der Waals surface area contributed by atoms with E-state index in [9.17, 15) is 19.2 Å². The summed E-state index contributed by atoms with van der Waals surface area (Å²) in [7, 11) is 1.58. The molecule has 2 fully saturated rings. The first-order chi connectivity index (χ1) is 13.0. The number of carbonyl (C=O) groups is 4. The Morgan fingerprint density at radius 1 is 0.963 bits per heavy atom. The van der Waals surface area contributed by atoms with Gasteiger partial charge in [-0.3, -0.25) is 24.1 Å². The minimum atomic E-state index is -0.295. The molecule has 0 atom stereocenters. The van der Waals surface area contributed by atoms with E-state index in [2.05, 4.69) is 0 Å². The summed E-state index contributed by atoms with van der Waals surface area (Å²) in [5.74, 6) is -0.932. The van der Waals surface area contributed by atoms with Gasteiger partial charge in [0.15, 0.2) is 0 Å². The molecule has 8 nitrogen and oxygen atoms in total. The largest absolute Gasteiger partial charge is 0.380 e. The van der Waals surface area contributed by atoms with E-state index in [1.165, 1.54) is 0 Å². The van der Waals surface area contributed by atoms with Crippen LogP contribution in [0.2, 0.25) is 0 Å². The Hall–Kier alpha value is -2.74. The summed E-state index contributed by atoms with van der Waals surface area (Å²) in [4.78, 5) is 52.9. The quantitative estimate of drug-likeness (QED) is 0.692. The maximum absolute atomic E-state index is 12.8. The molecule has 0 saturated carbocycles. The van der Waals surface area contributed by atoms with Crippen LogP contribution in [0.1, 0.15) is 28.8 Å². The summed E-state index contributed by atoms with van der Waals surface area (Å²) in [6, 6.07) is 7.32. The van der Waals surface area contributed by atoms with E-state index < -0.39 is 0 Å². The molecule has 27 heavy (non-hydrogen) atoms. The summed E-state index contributed by atoms with van der Waals surface area (Å²) >= 11 is 0. The number of nitrogens with zero attached hydrogens (tertiary/aromatic N) is 3. The van der Waals surface area contributed by atoms with Gasteiger partial charge < -0.3 is 14.5 Å². The summed E-state index contributed by atoms with van der Waals surface area (Å²) in [5.41, 5.74) is 1.43. The molecule has 8 heteroatoms. The second kappa shape index (κ2) is 8.30. The Bertz CT molecular complexity index is 739. The van der Waals surface area contributed by atoms with Crippen molar-refractivity contribution < 1.29 is 23.9 Å². The van der Waals surface area contributed by atoms with Gasteiger partial charge in [0.1, 0.15) is 6.54 Å². The Labute approximate surface area is 157 Å². The second-order valence-electron chi connectivity index (χ2n) is 6.64. The molecule has 3 rings (SSSR count). The molecule has 0 N–H and O–H groups in total. The molecule has 0 aromatic heterocycles. The molecule has 1 aromatic carbocycles. The fourth-order valence-corrected chi connectivity index (χ4v) is 3.37. The highest BCUT2D eigenvalue weighted by atomic mass is 16.5. The molecule has 144 valence electrons. The topological polar surface area (TPSA) is 87.2 Å². The minimum Gasteiger partial charge on any atom is -0.380 e. The maximum Gasteiger partial charge on any atom is 0.254 e. The number of hydrogen-bond donors (Lipinski definition) is 0. The van der Waals surface area contributed by atoms with Crippen molar-refractivity contribution in [2.24, 2.45) is 0 Å². The van der Waals surface area contributed by atoms with Crippen LogP contribution in [0.3, 0.4) is 0 Å². The molecule has 0 unspecified atom stereocenters. The van der Waals surface area contributed by atoms with Crippen LogP contribution in [0.5, 0.6) is 0 Å².